The summed E-state index contributed by atoms with van der Waals surface area (Å²) >= 11 is 0. The lowest BCUT2D eigenvalue weighted by Gasteiger charge is -2.09. The fraction of sp³-hybridized carbons (Fsp3) is 0.222. The first-order valence-electron chi connectivity index (χ1n) is 3.78. The van der Waals surface area contributed by atoms with E-state index in [1.165, 1.54) is 14.0 Å². The third-order valence-electron chi connectivity index (χ3n) is 1.90. The summed E-state index contributed by atoms with van der Waals surface area (Å²) in [5, 5.41) is 18.0. The van der Waals surface area contributed by atoms with Crippen LogP contribution in [0.5, 0.6) is 11.5 Å². The molecule has 2 N–H and O–H groups in total. The standard InChI is InChI=1S/C9H9FO4/c1-4-5(9(12)13)3-6(10)8(14-2)7(4)11/h3,11H,1-2H3,(H,12,13). The third kappa shape index (κ3) is 1.48. The monoisotopic (exact) mass is 200 g/mol. The second kappa shape index (κ2) is 3.53. The first-order chi connectivity index (χ1) is 6.49. The van der Waals surface area contributed by atoms with Gasteiger partial charge in [0.2, 0.25) is 0 Å². The fourth-order valence-electron chi connectivity index (χ4n) is 1.13. The molecule has 4 nitrogen and oxygen atoms in total. The van der Waals surface area contributed by atoms with Crippen LogP contribution in [0.2, 0.25) is 0 Å². The number of halogens is 1. The zero-order valence-corrected chi connectivity index (χ0v) is 7.67. The molecule has 0 heterocycles. The number of rotatable bonds is 2. The molecule has 0 saturated carbocycles. The van der Waals surface area contributed by atoms with E-state index < -0.39 is 17.5 Å². The summed E-state index contributed by atoms with van der Waals surface area (Å²) in [4.78, 5) is 10.6. The van der Waals surface area contributed by atoms with Crippen LogP contribution in [-0.2, 0) is 0 Å². The number of hydrogen-bond donors (Lipinski definition) is 2. The Kier molecular flexibility index (Phi) is 2.60. The molecule has 0 unspecified atom stereocenters. The SMILES string of the molecule is COc1c(F)cc(C(=O)O)c(C)c1O. The van der Waals surface area contributed by atoms with Crippen molar-refractivity contribution in [3.8, 4) is 11.5 Å². The van der Waals surface area contributed by atoms with Gasteiger partial charge in [0, 0.05) is 5.56 Å². The van der Waals surface area contributed by atoms with Crippen LogP contribution in [0.3, 0.4) is 0 Å². The minimum atomic E-state index is -1.29. The van der Waals surface area contributed by atoms with Crippen LogP contribution in [0.15, 0.2) is 6.07 Å². The molecular weight excluding hydrogens is 191 g/mol. The van der Waals surface area contributed by atoms with Crippen LogP contribution in [0.4, 0.5) is 4.39 Å². The van der Waals surface area contributed by atoms with Crippen molar-refractivity contribution in [1.82, 2.24) is 0 Å². The van der Waals surface area contributed by atoms with Crippen molar-refractivity contribution in [2.75, 3.05) is 7.11 Å². The Balaban J connectivity index is 3.47. The van der Waals surface area contributed by atoms with E-state index in [2.05, 4.69) is 4.74 Å². The van der Waals surface area contributed by atoms with Crippen molar-refractivity contribution >= 4 is 5.97 Å². The molecule has 0 atom stereocenters. The number of hydrogen-bond acceptors (Lipinski definition) is 3. The maximum Gasteiger partial charge on any atom is 0.336 e. The number of aromatic hydroxyl groups is 1. The smallest absolute Gasteiger partial charge is 0.336 e. The number of ether oxygens (including phenoxy) is 1. The molecule has 0 radical (unpaired) electrons. The molecule has 14 heavy (non-hydrogen) atoms. The van der Waals surface area contributed by atoms with Crippen molar-refractivity contribution in [3.63, 3.8) is 0 Å². The molecule has 0 bridgehead atoms. The Morgan fingerprint density at radius 2 is 2.14 bits per heavy atom. The lowest BCUT2D eigenvalue weighted by molar-refractivity contribution is 0.0695. The summed E-state index contributed by atoms with van der Waals surface area (Å²) in [7, 11) is 1.19. The van der Waals surface area contributed by atoms with Gasteiger partial charge >= 0.3 is 5.97 Å². The normalized spacial score (nSPS) is 9.93. The van der Waals surface area contributed by atoms with Gasteiger partial charge in [-0.1, -0.05) is 0 Å². The van der Waals surface area contributed by atoms with Crippen molar-refractivity contribution in [2.24, 2.45) is 0 Å². The Morgan fingerprint density at radius 1 is 1.57 bits per heavy atom. The molecule has 0 fully saturated rings. The van der Waals surface area contributed by atoms with E-state index in [4.69, 9.17) is 5.11 Å². The van der Waals surface area contributed by atoms with Gasteiger partial charge in [-0.3, -0.25) is 0 Å². The highest BCUT2D eigenvalue weighted by molar-refractivity contribution is 5.90. The number of phenolic OH excluding ortho intramolecular Hbond substituents is 1. The predicted molar refractivity (Wildman–Crippen MR) is 46.3 cm³/mol. The summed E-state index contributed by atoms with van der Waals surface area (Å²) in [6.45, 7) is 1.38. The highest BCUT2D eigenvalue weighted by atomic mass is 19.1. The van der Waals surface area contributed by atoms with Crippen molar-refractivity contribution in [3.05, 3.63) is 23.0 Å². The van der Waals surface area contributed by atoms with Crippen molar-refractivity contribution < 1.29 is 24.1 Å². The van der Waals surface area contributed by atoms with E-state index in [9.17, 15) is 14.3 Å². The molecule has 0 saturated heterocycles. The molecule has 1 rings (SSSR count). The predicted octanol–water partition coefficient (Wildman–Crippen LogP) is 1.55. The van der Waals surface area contributed by atoms with Gasteiger partial charge in [-0.05, 0) is 13.0 Å². The maximum absolute atomic E-state index is 13.1. The van der Waals surface area contributed by atoms with Gasteiger partial charge in [-0.2, -0.15) is 0 Å². The van der Waals surface area contributed by atoms with Gasteiger partial charge in [0.05, 0.1) is 12.7 Å². The van der Waals surface area contributed by atoms with E-state index in [0.29, 0.717) is 0 Å². The zero-order chi connectivity index (χ0) is 10.9. The molecule has 0 aromatic heterocycles. The largest absolute Gasteiger partial charge is 0.504 e. The summed E-state index contributed by atoms with van der Waals surface area (Å²) in [5.74, 6) is -3.01. The summed E-state index contributed by atoms with van der Waals surface area (Å²) in [6.07, 6.45) is 0. The van der Waals surface area contributed by atoms with Gasteiger partial charge in [-0.15, -0.1) is 0 Å². The average Bonchev–Trinajstić information content (AvgIpc) is 2.12. The lowest BCUT2D eigenvalue weighted by atomic mass is 10.1. The van der Waals surface area contributed by atoms with Crippen LogP contribution < -0.4 is 4.74 Å². The Bertz CT molecular complexity index is 387. The quantitative estimate of drug-likeness (QED) is 0.759. The van der Waals surface area contributed by atoms with Crippen LogP contribution in [0.25, 0.3) is 0 Å². The van der Waals surface area contributed by atoms with Gasteiger partial charge in [0.1, 0.15) is 0 Å². The molecule has 0 spiro atoms. The maximum atomic E-state index is 13.1. The summed E-state index contributed by atoms with van der Waals surface area (Å²) < 4.78 is 17.7. The summed E-state index contributed by atoms with van der Waals surface area (Å²) in [5.41, 5.74) is -0.198. The Morgan fingerprint density at radius 3 is 2.57 bits per heavy atom. The van der Waals surface area contributed by atoms with E-state index in [1.807, 2.05) is 0 Å². The topological polar surface area (TPSA) is 66.8 Å². The average molecular weight is 200 g/mol. The number of carbonyl (C=O) groups is 1. The van der Waals surface area contributed by atoms with Gasteiger partial charge in [0.15, 0.2) is 17.3 Å². The molecule has 0 aliphatic carbocycles. The van der Waals surface area contributed by atoms with Gasteiger partial charge in [-0.25, -0.2) is 9.18 Å². The van der Waals surface area contributed by atoms with E-state index in [-0.39, 0.29) is 16.9 Å². The molecule has 1 aromatic rings. The van der Waals surface area contributed by atoms with E-state index >= 15 is 0 Å². The van der Waals surface area contributed by atoms with Crippen molar-refractivity contribution in [2.45, 2.75) is 6.92 Å². The number of benzene rings is 1. The summed E-state index contributed by atoms with van der Waals surface area (Å²) in [6, 6.07) is 0.816. The number of carboxylic acids is 1. The second-order valence-corrected chi connectivity index (χ2v) is 2.72. The Labute approximate surface area is 79.6 Å². The molecule has 0 amide bonds. The third-order valence-corrected chi connectivity index (χ3v) is 1.90. The number of aromatic carboxylic acids is 1. The second-order valence-electron chi connectivity index (χ2n) is 2.72. The molecule has 76 valence electrons. The molecular formula is C9H9FO4. The van der Waals surface area contributed by atoms with Crippen LogP contribution in [0.1, 0.15) is 15.9 Å². The first-order valence-corrected chi connectivity index (χ1v) is 3.78. The van der Waals surface area contributed by atoms with Crippen LogP contribution >= 0.6 is 0 Å². The van der Waals surface area contributed by atoms with Crippen molar-refractivity contribution in [1.29, 1.82) is 0 Å². The molecule has 0 aliphatic heterocycles. The lowest BCUT2D eigenvalue weighted by Crippen LogP contribution is -2.02. The van der Waals surface area contributed by atoms with Crippen LogP contribution in [-0.4, -0.2) is 23.3 Å². The van der Waals surface area contributed by atoms with Gasteiger partial charge < -0.3 is 14.9 Å². The van der Waals surface area contributed by atoms with Crippen LogP contribution in [0, 0.1) is 12.7 Å². The highest BCUT2D eigenvalue weighted by Crippen LogP contribution is 2.34. The molecule has 5 heteroatoms. The highest BCUT2D eigenvalue weighted by Gasteiger charge is 2.18. The zero-order valence-electron chi connectivity index (χ0n) is 7.67. The van der Waals surface area contributed by atoms with E-state index in [0.717, 1.165) is 6.07 Å². The minimum absolute atomic E-state index is 0.0794. The molecule has 0 aliphatic rings. The number of methoxy groups -OCH3 is 1. The van der Waals surface area contributed by atoms with E-state index in [1.54, 1.807) is 0 Å². The first kappa shape index (κ1) is 10.3. The molecule has 1 aromatic carbocycles. The number of carboxylic acid groups (broad SMARTS) is 1. The van der Waals surface area contributed by atoms with Gasteiger partial charge in [0.25, 0.3) is 0 Å². The number of phenols is 1. The fourth-order valence-corrected chi connectivity index (χ4v) is 1.13. The Hall–Kier alpha value is -1.78. The minimum Gasteiger partial charge on any atom is -0.504 e.